The van der Waals surface area contributed by atoms with Crippen LogP contribution < -0.4 is 21.4 Å². The van der Waals surface area contributed by atoms with E-state index in [1.54, 1.807) is 49.6 Å². The molecule has 8 bridgehead atoms. The number of halogens is 2. The summed E-state index contributed by atoms with van der Waals surface area (Å²) in [6, 6.07) is -0.833. The summed E-state index contributed by atoms with van der Waals surface area (Å²) in [4.78, 5) is 111. The van der Waals surface area contributed by atoms with E-state index in [1.807, 2.05) is 0 Å². The van der Waals surface area contributed by atoms with Crippen molar-refractivity contribution in [1.29, 1.82) is 0 Å². The standard InChI is InChI=1S/C24H8N16.C6H2N2O3.CH4N2O.2ClH.2Mn/c1-2-26-10-9(25-1)17-33-18(10)38-20-13-14(30-6-5-29-13)22(35-20)40-24-16-15(31-7-8-32-16)23(36-24)39-21-12-11(19(34-21)37-17)27-3-4-28-12;9-5-3-4(6(10)11-5)8-2-1-7-3;2-1(3)4;;;;/h1-8H;1-2H;(H4,2,3,4);2*1H;;/q-2;;;;;2*+2/p-2. The maximum Gasteiger partial charge on any atom is 2.00 e. The molecule has 28 heteroatoms. The molecule has 3 aliphatic rings. The second kappa shape index (κ2) is 17.1. The van der Waals surface area contributed by atoms with Crippen LogP contribution in [-0.4, -0.2) is 97.7 Å². The molecular formula is C31H14Cl2Mn2N20O4. The molecule has 3 aliphatic heterocycles. The predicted molar refractivity (Wildman–Crippen MR) is 194 cm³/mol. The third-order valence-corrected chi connectivity index (χ3v) is 7.45. The van der Waals surface area contributed by atoms with Gasteiger partial charge in [-0.3, -0.25) is 39.9 Å². The zero-order chi connectivity index (χ0) is 40.3. The molecule has 0 saturated carbocycles. The number of aromatic nitrogens is 18. The normalized spacial score (nSPS) is 11.6. The Labute approximate surface area is 351 Å². The number of rotatable bonds is 0. The number of primary amides is 2. The number of fused-ring (bicyclic) bond motifs is 21. The Bertz CT molecular complexity index is 2780. The molecule has 290 valence electrons. The van der Waals surface area contributed by atoms with E-state index in [4.69, 9.17) is 25.0 Å². The Morgan fingerprint density at radius 3 is 0.932 bits per heavy atom. The van der Waals surface area contributed by atoms with Gasteiger partial charge in [-0.15, -0.1) is 0 Å². The van der Waals surface area contributed by atoms with Crippen LogP contribution in [0.4, 0.5) is 4.79 Å². The summed E-state index contributed by atoms with van der Waals surface area (Å²) in [6.07, 6.45) is 15.1. The minimum absolute atomic E-state index is 0. The first-order valence-electron chi connectivity index (χ1n) is 15.7. The van der Waals surface area contributed by atoms with Crippen LogP contribution >= 0.6 is 20.2 Å². The molecule has 0 unspecified atom stereocenters. The third kappa shape index (κ3) is 7.89. The first-order valence-corrected chi connectivity index (χ1v) is 18.9. The molecule has 8 aromatic rings. The molecule has 0 saturated heterocycles. The quantitative estimate of drug-likeness (QED) is 0.124. The molecule has 0 spiro atoms. The summed E-state index contributed by atoms with van der Waals surface area (Å²) in [5, 5.41) is 0. The van der Waals surface area contributed by atoms with Gasteiger partial charge in [0.1, 0.15) is 68.1 Å². The van der Waals surface area contributed by atoms with E-state index in [9.17, 15) is 9.59 Å². The first kappa shape index (κ1) is 40.0. The SMILES string of the molecule is NC(N)=O.O=C1OC(=O)c2nccnc21.[Cl][Mn][Cl].[Mn+2].c1cnc2c(n1)-c1nc-2nc2[n-]c(nc3nc(nc4[n-]c(n1)c1nccnc41)-c1nccnc1-3)c1nccnc21. The van der Waals surface area contributed by atoms with Crippen molar-refractivity contribution in [2.24, 2.45) is 11.5 Å². The number of amides is 2. The van der Waals surface area contributed by atoms with E-state index in [0.29, 0.717) is 44.8 Å². The summed E-state index contributed by atoms with van der Waals surface area (Å²) < 4.78 is 4.23. The van der Waals surface area contributed by atoms with Gasteiger partial charge in [0.15, 0.2) is 11.4 Å². The van der Waals surface area contributed by atoms with E-state index >= 15 is 0 Å². The van der Waals surface area contributed by atoms with Crippen molar-refractivity contribution in [2.75, 3.05) is 0 Å². The molecule has 8 aromatic heterocycles. The molecule has 11 heterocycles. The summed E-state index contributed by atoms with van der Waals surface area (Å²) >= 11 is 0.00694. The van der Waals surface area contributed by atoms with Gasteiger partial charge in [0, 0.05) is 84.6 Å². The van der Waals surface area contributed by atoms with Crippen LogP contribution in [0.3, 0.4) is 0 Å². The Morgan fingerprint density at radius 2 is 0.678 bits per heavy atom. The van der Waals surface area contributed by atoms with Gasteiger partial charge >= 0.3 is 68.4 Å². The molecule has 4 N–H and O–H groups in total. The molecule has 59 heavy (non-hydrogen) atoms. The Kier molecular flexibility index (Phi) is 11.6. The van der Waals surface area contributed by atoms with E-state index in [2.05, 4.69) is 106 Å². The van der Waals surface area contributed by atoms with Gasteiger partial charge < -0.3 is 46.1 Å². The Morgan fingerprint density at radius 1 is 0.458 bits per heavy atom. The van der Waals surface area contributed by atoms with Crippen molar-refractivity contribution in [3.63, 3.8) is 0 Å². The number of hydrogen-bond acceptors (Lipinski definition) is 20. The number of esters is 2. The van der Waals surface area contributed by atoms with Crippen molar-refractivity contribution in [1.82, 2.24) is 89.7 Å². The minimum atomic E-state index is -0.833. The monoisotopic (exact) mass is 910 g/mol. The second-order valence-corrected chi connectivity index (χ2v) is 12.8. The first-order chi connectivity index (χ1) is 28.2. The number of carbonyl (C=O) groups excluding carboxylic acids is 3. The summed E-state index contributed by atoms with van der Waals surface area (Å²) in [5.74, 6) is -0.439. The number of cyclic esters (lactones) is 2. The van der Waals surface area contributed by atoms with Crippen LogP contribution in [0.5, 0.6) is 0 Å². The van der Waals surface area contributed by atoms with E-state index < -0.39 is 18.0 Å². The van der Waals surface area contributed by atoms with Gasteiger partial charge in [0.25, 0.3) is 0 Å². The van der Waals surface area contributed by atoms with Gasteiger partial charge in [0.05, 0.1) is 0 Å². The van der Waals surface area contributed by atoms with Crippen molar-refractivity contribution >= 4 is 82.8 Å². The van der Waals surface area contributed by atoms with E-state index in [-0.39, 0.29) is 87.5 Å². The van der Waals surface area contributed by atoms with Crippen LogP contribution in [0.15, 0.2) is 62.0 Å². The largest absolute Gasteiger partial charge is 2.00 e. The van der Waals surface area contributed by atoms with Gasteiger partial charge in [-0.1, -0.05) is 0 Å². The average molecular weight is 911 g/mol. The van der Waals surface area contributed by atoms with Crippen LogP contribution in [0, 0.1) is 0 Å². The number of nitrogens with two attached hydrogens (primary N) is 2. The minimum Gasteiger partial charge on any atom is -0.354 e. The predicted octanol–water partition coefficient (Wildman–Crippen LogP) is 1.47. The van der Waals surface area contributed by atoms with Crippen molar-refractivity contribution in [2.45, 2.75) is 0 Å². The molecule has 2 amide bonds. The maximum absolute atomic E-state index is 10.7. The van der Waals surface area contributed by atoms with Crippen molar-refractivity contribution in [3.05, 3.63) is 73.4 Å². The molecule has 0 aliphatic carbocycles. The zero-order valence-electron chi connectivity index (χ0n) is 28.6. The fourth-order valence-corrected chi connectivity index (χ4v) is 5.33. The maximum atomic E-state index is 10.7. The van der Waals surface area contributed by atoms with Gasteiger partial charge in [-0.2, -0.15) is 0 Å². The fourth-order valence-electron chi connectivity index (χ4n) is 5.33. The number of nitrogens with zero attached hydrogens (tertiary/aromatic N) is 18. The molecule has 24 nitrogen and oxygen atoms in total. The van der Waals surface area contributed by atoms with Gasteiger partial charge in [-0.05, 0) is 0 Å². The average Bonchev–Trinajstić information content (AvgIpc) is 4.02. The van der Waals surface area contributed by atoms with Crippen LogP contribution in [0.1, 0.15) is 21.0 Å². The third-order valence-electron chi connectivity index (χ3n) is 7.45. The molecule has 0 fully saturated rings. The summed E-state index contributed by atoms with van der Waals surface area (Å²) in [7, 11) is 9.59. The topological polar surface area (TPSA) is 347 Å². The number of carbonyl (C=O) groups is 3. The van der Waals surface area contributed by atoms with Crippen LogP contribution in [0.25, 0.3) is 90.7 Å². The number of urea groups is 1. The Balaban J connectivity index is 0.000000233. The van der Waals surface area contributed by atoms with E-state index in [1.165, 1.54) is 12.4 Å². The van der Waals surface area contributed by atoms with Crippen LogP contribution in [-0.2, 0) is 34.9 Å². The zero-order valence-corrected chi connectivity index (χ0v) is 32.5. The molecular weight excluding hydrogens is 897 g/mol. The van der Waals surface area contributed by atoms with Crippen molar-refractivity contribution in [3.8, 4) is 46.1 Å². The molecule has 0 aromatic carbocycles. The smallest absolute Gasteiger partial charge is 0.354 e. The second-order valence-electron chi connectivity index (χ2n) is 10.9. The fraction of sp³-hybridized carbons (Fsp3) is 0. The van der Waals surface area contributed by atoms with Crippen molar-refractivity contribution < 1.29 is 49.3 Å². The number of ether oxygens (including phenoxy) is 1. The van der Waals surface area contributed by atoms with Crippen LogP contribution in [0.2, 0.25) is 0 Å². The number of hydrogen-bond donors (Lipinski definition) is 2. The molecule has 11 rings (SSSR count). The van der Waals surface area contributed by atoms with Gasteiger partial charge in [0.2, 0.25) is 0 Å². The Hall–Kier alpha value is -7.21. The molecule has 1 radical (unpaired) electrons. The molecule has 0 atom stereocenters. The summed E-state index contributed by atoms with van der Waals surface area (Å²) in [6.45, 7) is 0. The summed E-state index contributed by atoms with van der Waals surface area (Å²) in [5.41, 5.74) is 12.9. The van der Waals surface area contributed by atoms with Gasteiger partial charge in [-0.25, -0.2) is 34.3 Å². The van der Waals surface area contributed by atoms with E-state index in [0.717, 1.165) is 0 Å².